The van der Waals surface area contributed by atoms with Crippen LogP contribution >= 0.6 is 11.8 Å². The lowest BCUT2D eigenvalue weighted by atomic mass is 9.94. The molecule has 0 unspecified atom stereocenters. The van der Waals surface area contributed by atoms with E-state index in [2.05, 4.69) is 5.32 Å². The Morgan fingerprint density at radius 3 is 2.45 bits per heavy atom. The lowest BCUT2D eigenvalue weighted by Gasteiger charge is -2.26. The standard InChI is InChI=1S/C16H23NO2S/c18-15(12-20-14-8-4-3-5-9-14)17-13-16(19)10-6-1-2-7-11-16/h3-5,8-9,19H,1-2,6-7,10-13H2,(H,17,18). The molecule has 1 fully saturated rings. The van der Waals surface area contributed by atoms with Gasteiger partial charge in [-0.15, -0.1) is 11.8 Å². The van der Waals surface area contributed by atoms with E-state index in [0.29, 0.717) is 12.3 Å². The van der Waals surface area contributed by atoms with Gasteiger partial charge in [-0.25, -0.2) is 0 Å². The van der Waals surface area contributed by atoms with Crippen molar-refractivity contribution in [3.63, 3.8) is 0 Å². The molecule has 20 heavy (non-hydrogen) atoms. The topological polar surface area (TPSA) is 49.3 Å². The zero-order chi connectivity index (χ0) is 14.3. The van der Waals surface area contributed by atoms with Gasteiger partial charge in [0.1, 0.15) is 0 Å². The molecule has 0 saturated heterocycles. The molecule has 1 amide bonds. The van der Waals surface area contributed by atoms with Gasteiger partial charge in [0.25, 0.3) is 0 Å². The van der Waals surface area contributed by atoms with Gasteiger partial charge >= 0.3 is 0 Å². The molecule has 0 bridgehead atoms. The number of benzene rings is 1. The summed E-state index contributed by atoms with van der Waals surface area (Å²) in [5.41, 5.74) is -0.691. The van der Waals surface area contributed by atoms with Crippen LogP contribution in [0.3, 0.4) is 0 Å². The summed E-state index contributed by atoms with van der Waals surface area (Å²) in [6, 6.07) is 9.89. The molecule has 1 aromatic rings. The normalized spacial score (nSPS) is 18.2. The minimum atomic E-state index is -0.691. The number of thioether (sulfide) groups is 1. The van der Waals surface area contributed by atoms with E-state index >= 15 is 0 Å². The van der Waals surface area contributed by atoms with E-state index in [-0.39, 0.29) is 5.91 Å². The highest BCUT2D eigenvalue weighted by Crippen LogP contribution is 2.26. The third-order valence-corrected chi connectivity index (χ3v) is 4.77. The fourth-order valence-electron chi connectivity index (χ4n) is 2.54. The molecular weight excluding hydrogens is 270 g/mol. The molecule has 0 radical (unpaired) electrons. The van der Waals surface area contributed by atoms with E-state index in [1.54, 1.807) is 0 Å². The van der Waals surface area contributed by atoms with Crippen molar-refractivity contribution in [2.45, 2.75) is 49.0 Å². The number of hydrogen-bond acceptors (Lipinski definition) is 3. The van der Waals surface area contributed by atoms with E-state index < -0.39 is 5.60 Å². The average molecular weight is 293 g/mol. The lowest BCUT2D eigenvalue weighted by Crippen LogP contribution is -2.43. The van der Waals surface area contributed by atoms with Crippen LogP contribution in [0.1, 0.15) is 38.5 Å². The van der Waals surface area contributed by atoms with Crippen molar-refractivity contribution in [1.29, 1.82) is 0 Å². The van der Waals surface area contributed by atoms with Crippen LogP contribution in [0.25, 0.3) is 0 Å². The molecule has 0 spiro atoms. The fourth-order valence-corrected chi connectivity index (χ4v) is 3.29. The molecule has 1 aliphatic rings. The molecule has 0 atom stereocenters. The van der Waals surface area contributed by atoms with Crippen molar-refractivity contribution < 1.29 is 9.90 Å². The number of amides is 1. The van der Waals surface area contributed by atoms with Gasteiger partial charge in [-0.2, -0.15) is 0 Å². The number of carbonyl (C=O) groups excluding carboxylic acids is 1. The minimum absolute atomic E-state index is 0.00322. The zero-order valence-corrected chi connectivity index (χ0v) is 12.6. The number of nitrogens with one attached hydrogen (secondary N) is 1. The molecule has 1 saturated carbocycles. The van der Waals surface area contributed by atoms with E-state index in [1.807, 2.05) is 30.3 Å². The van der Waals surface area contributed by atoms with Crippen LogP contribution in [0.15, 0.2) is 35.2 Å². The minimum Gasteiger partial charge on any atom is -0.388 e. The van der Waals surface area contributed by atoms with Crippen molar-refractivity contribution in [2.24, 2.45) is 0 Å². The Balaban J connectivity index is 1.71. The Hall–Kier alpha value is -1.00. The molecule has 1 aliphatic carbocycles. The average Bonchev–Trinajstić information content (AvgIpc) is 2.69. The first-order chi connectivity index (χ1) is 9.68. The van der Waals surface area contributed by atoms with E-state index in [0.717, 1.165) is 30.6 Å². The quantitative estimate of drug-likeness (QED) is 0.648. The summed E-state index contributed by atoms with van der Waals surface area (Å²) in [6.45, 7) is 0.390. The Morgan fingerprint density at radius 2 is 1.80 bits per heavy atom. The number of carbonyl (C=O) groups is 1. The highest BCUT2D eigenvalue weighted by molar-refractivity contribution is 8.00. The smallest absolute Gasteiger partial charge is 0.230 e. The highest BCUT2D eigenvalue weighted by atomic mass is 32.2. The Kier molecular flexibility index (Phi) is 5.92. The number of hydrogen-bond donors (Lipinski definition) is 2. The summed E-state index contributed by atoms with van der Waals surface area (Å²) in [5, 5.41) is 13.3. The van der Waals surface area contributed by atoms with Gasteiger partial charge in [0, 0.05) is 11.4 Å². The third kappa shape index (κ3) is 5.17. The van der Waals surface area contributed by atoms with Gasteiger partial charge in [0.15, 0.2) is 0 Å². The molecule has 3 nitrogen and oxygen atoms in total. The Labute approximate surface area is 125 Å². The van der Waals surface area contributed by atoms with E-state index in [4.69, 9.17) is 0 Å². The predicted octanol–water partition coefficient (Wildman–Crippen LogP) is 2.98. The summed E-state index contributed by atoms with van der Waals surface area (Å²) in [5.74, 6) is 0.400. The second-order valence-electron chi connectivity index (χ2n) is 5.52. The van der Waals surface area contributed by atoms with Crippen LogP contribution in [0, 0.1) is 0 Å². The second kappa shape index (κ2) is 7.70. The molecule has 2 rings (SSSR count). The Bertz CT molecular complexity index is 414. The van der Waals surface area contributed by atoms with Gasteiger partial charge in [0.05, 0.1) is 11.4 Å². The first-order valence-corrected chi connectivity index (χ1v) is 8.33. The van der Waals surface area contributed by atoms with Crippen molar-refractivity contribution in [2.75, 3.05) is 12.3 Å². The SMILES string of the molecule is O=C(CSc1ccccc1)NCC1(O)CCCCCC1. The molecule has 0 aliphatic heterocycles. The van der Waals surface area contributed by atoms with Crippen LogP contribution < -0.4 is 5.32 Å². The van der Waals surface area contributed by atoms with E-state index in [1.165, 1.54) is 24.6 Å². The van der Waals surface area contributed by atoms with Crippen LogP contribution in [-0.4, -0.2) is 28.9 Å². The van der Waals surface area contributed by atoms with Crippen molar-refractivity contribution in [3.8, 4) is 0 Å². The maximum absolute atomic E-state index is 11.8. The molecule has 4 heteroatoms. The predicted molar refractivity (Wildman–Crippen MR) is 82.8 cm³/mol. The van der Waals surface area contributed by atoms with Gasteiger partial charge in [0.2, 0.25) is 5.91 Å². The third-order valence-electron chi connectivity index (χ3n) is 3.76. The maximum atomic E-state index is 11.8. The summed E-state index contributed by atoms with van der Waals surface area (Å²) >= 11 is 1.52. The van der Waals surface area contributed by atoms with Crippen LogP contribution in [-0.2, 0) is 4.79 Å². The molecule has 1 aromatic carbocycles. The zero-order valence-electron chi connectivity index (χ0n) is 11.8. The van der Waals surface area contributed by atoms with Gasteiger partial charge in [-0.05, 0) is 25.0 Å². The summed E-state index contributed by atoms with van der Waals surface area (Å²) in [6.07, 6.45) is 6.12. The van der Waals surface area contributed by atoms with Crippen molar-refractivity contribution in [3.05, 3.63) is 30.3 Å². The molecule has 0 heterocycles. The molecule has 0 aromatic heterocycles. The summed E-state index contributed by atoms with van der Waals surface area (Å²) in [4.78, 5) is 12.9. The number of rotatable bonds is 5. The van der Waals surface area contributed by atoms with Crippen molar-refractivity contribution in [1.82, 2.24) is 5.32 Å². The van der Waals surface area contributed by atoms with E-state index in [9.17, 15) is 9.90 Å². The molecule has 110 valence electrons. The van der Waals surface area contributed by atoms with Crippen LogP contribution in [0.2, 0.25) is 0 Å². The Morgan fingerprint density at radius 1 is 1.15 bits per heavy atom. The molecular formula is C16H23NO2S. The van der Waals surface area contributed by atoms with Gasteiger partial charge in [-0.3, -0.25) is 4.79 Å². The monoisotopic (exact) mass is 293 g/mol. The van der Waals surface area contributed by atoms with Crippen molar-refractivity contribution >= 4 is 17.7 Å². The molecule has 2 N–H and O–H groups in total. The van der Waals surface area contributed by atoms with Gasteiger partial charge in [-0.1, -0.05) is 43.9 Å². The lowest BCUT2D eigenvalue weighted by molar-refractivity contribution is -0.120. The largest absolute Gasteiger partial charge is 0.388 e. The first-order valence-electron chi connectivity index (χ1n) is 7.35. The summed E-state index contributed by atoms with van der Waals surface area (Å²) in [7, 11) is 0. The fraction of sp³-hybridized carbons (Fsp3) is 0.562. The van der Waals surface area contributed by atoms with Crippen LogP contribution in [0.4, 0.5) is 0 Å². The van der Waals surface area contributed by atoms with Crippen LogP contribution in [0.5, 0.6) is 0 Å². The number of aliphatic hydroxyl groups is 1. The second-order valence-corrected chi connectivity index (χ2v) is 6.57. The summed E-state index contributed by atoms with van der Waals surface area (Å²) < 4.78 is 0. The maximum Gasteiger partial charge on any atom is 0.230 e. The van der Waals surface area contributed by atoms with Gasteiger partial charge < -0.3 is 10.4 Å². The highest BCUT2D eigenvalue weighted by Gasteiger charge is 2.28. The first kappa shape index (κ1) is 15.4.